The van der Waals surface area contributed by atoms with E-state index in [1.54, 1.807) is 12.1 Å². The monoisotopic (exact) mass is 241 g/mol. The standard InChI is InChI=1S/C14H15N3O/c1-18-14-5-4-11(6-12(14)7-15)13(8-16)17-9-10-2-3-10/h4-6,10,13,17H,2-3,9H2,1H3. The van der Waals surface area contributed by atoms with Crippen molar-refractivity contribution in [1.82, 2.24) is 5.32 Å². The molecule has 0 amide bonds. The van der Waals surface area contributed by atoms with Crippen LogP contribution in [0.5, 0.6) is 5.75 Å². The summed E-state index contributed by atoms with van der Waals surface area (Å²) in [5.74, 6) is 1.26. The first-order valence-electron chi connectivity index (χ1n) is 5.99. The number of nitrogens with one attached hydrogen (secondary N) is 1. The third-order valence-corrected chi connectivity index (χ3v) is 3.11. The predicted octanol–water partition coefficient (Wildman–Crippen LogP) is 2.13. The van der Waals surface area contributed by atoms with E-state index >= 15 is 0 Å². The van der Waals surface area contributed by atoms with Gasteiger partial charge in [-0.1, -0.05) is 6.07 Å². The Kier molecular flexibility index (Phi) is 3.82. The third kappa shape index (κ3) is 2.80. The molecule has 0 bridgehead atoms. The molecule has 2 rings (SSSR count). The molecule has 1 aromatic rings. The average molecular weight is 241 g/mol. The zero-order valence-electron chi connectivity index (χ0n) is 10.3. The molecule has 1 saturated carbocycles. The van der Waals surface area contributed by atoms with Crippen LogP contribution < -0.4 is 10.1 Å². The van der Waals surface area contributed by atoms with E-state index in [0.717, 1.165) is 18.0 Å². The number of nitriles is 2. The van der Waals surface area contributed by atoms with Crippen molar-refractivity contribution < 1.29 is 4.74 Å². The van der Waals surface area contributed by atoms with Crippen molar-refractivity contribution in [2.45, 2.75) is 18.9 Å². The van der Waals surface area contributed by atoms with E-state index in [1.807, 2.05) is 6.07 Å². The van der Waals surface area contributed by atoms with E-state index in [0.29, 0.717) is 11.3 Å². The quantitative estimate of drug-likeness (QED) is 0.857. The lowest BCUT2D eigenvalue weighted by atomic mass is 10.0. The van der Waals surface area contributed by atoms with Gasteiger partial charge < -0.3 is 4.74 Å². The number of methoxy groups -OCH3 is 1. The fourth-order valence-electron chi connectivity index (χ4n) is 1.84. The lowest BCUT2D eigenvalue weighted by molar-refractivity contribution is 0.413. The molecule has 0 radical (unpaired) electrons. The smallest absolute Gasteiger partial charge is 0.136 e. The van der Waals surface area contributed by atoms with Crippen LogP contribution in [-0.4, -0.2) is 13.7 Å². The molecule has 1 N–H and O–H groups in total. The normalized spacial score (nSPS) is 15.5. The highest BCUT2D eigenvalue weighted by Gasteiger charge is 2.22. The molecule has 92 valence electrons. The van der Waals surface area contributed by atoms with E-state index in [9.17, 15) is 5.26 Å². The second-order valence-electron chi connectivity index (χ2n) is 4.49. The predicted molar refractivity (Wildman–Crippen MR) is 66.8 cm³/mol. The molecule has 0 aliphatic heterocycles. The van der Waals surface area contributed by atoms with Gasteiger partial charge in [-0.05, 0) is 43.0 Å². The molecule has 1 fully saturated rings. The third-order valence-electron chi connectivity index (χ3n) is 3.11. The van der Waals surface area contributed by atoms with Gasteiger partial charge in [0.25, 0.3) is 0 Å². The molecule has 18 heavy (non-hydrogen) atoms. The maximum absolute atomic E-state index is 9.18. The van der Waals surface area contributed by atoms with Gasteiger partial charge in [0.15, 0.2) is 0 Å². The van der Waals surface area contributed by atoms with Crippen molar-refractivity contribution in [2.75, 3.05) is 13.7 Å². The first-order valence-corrected chi connectivity index (χ1v) is 5.99. The summed E-state index contributed by atoms with van der Waals surface area (Å²) in [6.45, 7) is 0.867. The van der Waals surface area contributed by atoms with Gasteiger partial charge in [-0.25, -0.2) is 0 Å². The van der Waals surface area contributed by atoms with E-state index in [-0.39, 0.29) is 6.04 Å². The topological polar surface area (TPSA) is 68.8 Å². The molecule has 1 aliphatic rings. The Balaban J connectivity index is 2.14. The van der Waals surface area contributed by atoms with E-state index < -0.39 is 0 Å². The van der Waals surface area contributed by atoms with Gasteiger partial charge in [0, 0.05) is 0 Å². The number of rotatable bonds is 5. The Bertz CT molecular complexity index is 509. The van der Waals surface area contributed by atoms with Crippen LogP contribution in [0.25, 0.3) is 0 Å². The zero-order chi connectivity index (χ0) is 13.0. The van der Waals surface area contributed by atoms with Gasteiger partial charge >= 0.3 is 0 Å². The summed E-state index contributed by atoms with van der Waals surface area (Å²) in [6, 6.07) is 9.23. The van der Waals surface area contributed by atoms with Crippen molar-refractivity contribution in [2.24, 2.45) is 5.92 Å². The number of benzene rings is 1. The lowest BCUT2D eigenvalue weighted by Crippen LogP contribution is -2.22. The van der Waals surface area contributed by atoms with Crippen molar-refractivity contribution in [1.29, 1.82) is 10.5 Å². The van der Waals surface area contributed by atoms with Gasteiger partial charge in [-0.3, -0.25) is 5.32 Å². The molecule has 1 atom stereocenters. The highest BCUT2D eigenvalue weighted by molar-refractivity contribution is 5.46. The van der Waals surface area contributed by atoms with Crippen LogP contribution in [0.15, 0.2) is 18.2 Å². The molecule has 1 unspecified atom stereocenters. The molecule has 1 aliphatic carbocycles. The van der Waals surface area contributed by atoms with E-state index in [4.69, 9.17) is 10.00 Å². The van der Waals surface area contributed by atoms with Crippen LogP contribution in [0, 0.1) is 28.6 Å². The molecule has 0 spiro atoms. The first kappa shape index (κ1) is 12.4. The Hall–Kier alpha value is -2.04. The van der Waals surface area contributed by atoms with Crippen molar-refractivity contribution in [3.05, 3.63) is 29.3 Å². The molecule has 0 saturated heterocycles. The molecule has 1 aromatic carbocycles. The van der Waals surface area contributed by atoms with Crippen LogP contribution >= 0.6 is 0 Å². The summed E-state index contributed by atoms with van der Waals surface area (Å²) in [6.07, 6.45) is 2.49. The van der Waals surface area contributed by atoms with Gasteiger partial charge in [0.2, 0.25) is 0 Å². The van der Waals surface area contributed by atoms with Gasteiger partial charge in [-0.2, -0.15) is 10.5 Å². The van der Waals surface area contributed by atoms with Crippen molar-refractivity contribution in [3.8, 4) is 17.9 Å². The Morgan fingerprint density at radius 2 is 2.22 bits per heavy atom. The summed E-state index contributed by atoms with van der Waals surface area (Å²) in [5.41, 5.74) is 1.28. The molecular formula is C14H15N3O. The minimum absolute atomic E-state index is 0.358. The van der Waals surface area contributed by atoms with Crippen LogP contribution in [0.1, 0.15) is 30.0 Å². The average Bonchev–Trinajstić information content (AvgIpc) is 3.23. The second-order valence-corrected chi connectivity index (χ2v) is 4.49. The fourth-order valence-corrected chi connectivity index (χ4v) is 1.84. The maximum atomic E-state index is 9.18. The van der Waals surface area contributed by atoms with Gasteiger partial charge in [-0.15, -0.1) is 0 Å². The van der Waals surface area contributed by atoms with Crippen LogP contribution in [0.3, 0.4) is 0 Å². The van der Waals surface area contributed by atoms with Gasteiger partial charge in [0.1, 0.15) is 17.9 Å². The minimum atomic E-state index is -0.358. The Labute approximate surface area is 107 Å². The number of ether oxygens (including phenoxy) is 1. The van der Waals surface area contributed by atoms with E-state index in [1.165, 1.54) is 20.0 Å². The summed E-state index contributed by atoms with van der Waals surface area (Å²) in [5, 5.41) is 21.4. The highest BCUT2D eigenvalue weighted by atomic mass is 16.5. The molecule has 4 nitrogen and oxygen atoms in total. The SMILES string of the molecule is COc1ccc(C(C#N)NCC2CC2)cc1C#N. The largest absolute Gasteiger partial charge is 0.495 e. The molecule has 4 heteroatoms. The molecule has 0 heterocycles. The van der Waals surface area contributed by atoms with Crippen LogP contribution in [0.2, 0.25) is 0 Å². The Morgan fingerprint density at radius 3 is 2.78 bits per heavy atom. The van der Waals surface area contributed by atoms with Crippen molar-refractivity contribution in [3.63, 3.8) is 0 Å². The summed E-state index contributed by atoms with van der Waals surface area (Å²) in [4.78, 5) is 0. The maximum Gasteiger partial charge on any atom is 0.136 e. The minimum Gasteiger partial charge on any atom is -0.495 e. The summed E-state index contributed by atoms with van der Waals surface area (Å²) < 4.78 is 5.09. The number of nitrogens with zero attached hydrogens (tertiary/aromatic N) is 2. The fraction of sp³-hybridized carbons (Fsp3) is 0.429. The zero-order valence-corrected chi connectivity index (χ0v) is 10.3. The first-order chi connectivity index (χ1) is 8.78. The lowest BCUT2D eigenvalue weighted by Gasteiger charge is -2.12. The highest BCUT2D eigenvalue weighted by Crippen LogP contribution is 2.29. The van der Waals surface area contributed by atoms with Crippen molar-refractivity contribution >= 4 is 0 Å². The summed E-state index contributed by atoms with van der Waals surface area (Å²) in [7, 11) is 1.53. The summed E-state index contributed by atoms with van der Waals surface area (Å²) >= 11 is 0. The Morgan fingerprint density at radius 1 is 1.44 bits per heavy atom. The molecule has 0 aromatic heterocycles. The number of hydrogen-bond donors (Lipinski definition) is 1. The second kappa shape index (κ2) is 5.53. The number of hydrogen-bond acceptors (Lipinski definition) is 4. The molecular weight excluding hydrogens is 226 g/mol. The van der Waals surface area contributed by atoms with Crippen LogP contribution in [-0.2, 0) is 0 Å². The van der Waals surface area contributed by atoms with Crippen LogP contribution in [0.4, 0.5) is 0 Å². The van der Waals surface area contributed by atoms with E-state index in [2.05, 4.69) is 17.5 Å². The van der Waals surface area contributed by atoms with Gasteiger partial charge in [0.05, 0.1) is 18.7 Å².